The fourth-order valence-corrected chi connectivity index (χ4v) is 3.66. The van der Waals surface area contributed by atoms with Crippen molar-refractivity contribution in [1.29, 1.82) is 10.8 Å². The summed E-state index contributed by atoms with van der Waals surface area (Å²) in [6.07, 6.45) is 13.3. The van der Waals surface area contributed by atoms with Crippen molar-refractivity contribution in [3.63, 3.8) is 0 Å². The molecule has 0 fully saturated rings. The SMILES string of the molecule is C#CC(=C)C1C=CC(C(=N)SC(=N)c2ccc(-c3ccc(C)cc3)cc2)=CC1.CC.CC.CCC. The minimum atomic E-state index is 0.139. The molecule has 3 rings (SSSR count). The third-order valence-electron chi connectivity index (χ3n) is 4.73. The Morgan fingerprint density at radius 1 is 0.943 bits per heavy atom. The van der Waals surface area contributed by atoms with E-state index >= 15 is 0 Å². The van der Waals surface area contributed by atoms with Gasteiger partial charge < -0.3 is 0 Å². The van der Waals surface area contributed by atoms with E-state index in [2.05, 4.69) is 57.5 Å². The zero-order chi connectivity index (χ0) is 26.8. The van der Waals surface area contributed by atoms with Crippen LogP contribution in [0.4, 0.5) is 0 Å². The molecule has 0 heterocycles. The summed E-state index contributed by atoms with van der Waals surface area (Å²) in [5.41, 5.74) is 5.90. The lowest BCUT2D eigenvalue weighted by Crippen LogP contribution is -2.07. The number of aryl methyl sites for hydroxylation is 1. The van der Waals surface area contributed by atoms with Crippen LogP contribution in [0.2, 0.25) is 0 Å². The van der Waals surface area contributed by atoms with E-state index in [0.717, 1.165) is 46.0 Å². The number of hydrogen-bond donors (Lipinski definition) is 2. The molecule has 0 bridgehead atoms. The summed E-state index contributed by atoms with van der Waals surface area (Å²) in [4.78, 5) is 0. The maximum absolute atomic E-state index is 8.35. The van der Waals surface area contributed by atoms with E-state index in [1.807, 2.05) is 70.2 Å². The first-order chi connectivity index (χ1) is 16.9. The Morgan fingerprint density at radius 3 is 1.86 bits per heavy atom. The molecule has 3 heteroatoms. The van der Waals surface area contributed by atoms with Gasteiger partial charge in [-0.15, -0.1) is 6.42 Å². The van der Waals surface area contributed by atoms with Gasteiger partial charge in [0.1, 0.15) is 10.1 Å². The summed E-state index contributed by atoms with van der Waals surface area (Å²) in [6.45, 7) is 18.2. The topological polar surface area (TPSA) is 47.7 Å². The Bertz CT molecular complexity index is 1030. The van der Waals surface area contributed by atoms with E-state index in [0.29, 0.717) is 10.1 Å². The molecule has 0 aliphatic heterocycles. The van der Waals surface area contributed by atoms with Gasteiger partial charge in [-0.25, -0.2) is 0 Å². The highest BCUT2D eigenvalue weighted by atomic mass is 32.2. The van der Waals surface area contributed by atoms with Gasteiger partial charge in [-0.1, -0.05) is 145 Å². The Kier molecular flexibility index (Phi) is 16.7. The molecule has 1 aliphatic carbocycles. The molecule has 0 spiro atoms. The first kappa shape index (κ1) is 31.9. The van der Waals surface area contributed by atoms with Crippen LogP contribution in [0.25, 0.3) is 11.1 Å². The summed E-state index contributed by atoms with van der Waals surface area (Å²) < 4.78 is 0. The molecule has 0 saturated heterocycles. The standard InChI is InChI=1S/C25H22N2S.C3H8.2C2H6/c1-4-18(3)19-9-13-22(14-10-19)24(26)28-25(27)23-15-11-21(12-16-23)20-7-5-17(2)6-8-20;1-3-2;2*1-2/h1,5-9,11-16,19,26-27H,3,10H2,2H3;3H2,1-2H3;2*1-2H3. The van der Waals surface area contributed by atoms with Crippen LogP contribution in [0.3, 0.4) is 0 Å². The summed E-state index contributed by atoms with van der Waals surface area (Å²) in [5.74, 6) is 2.72. The van der Waals surface area contributed by atoms with Gasteiger partial charge in [0.2, 0.25) is 0 Å². The van der Waals surface area contributed by atoms with Crippen molar-refractivity contribution in [2.45, 2.75) is 61.3 Å². The zero-order valence-electron chi connectivity index (χ0n) is 22.5. The van der Waals surface area contributed by atoms with Crippen molar-refractivity contribution < 1.29 is 0 Å². The van der Waals surface area contributed by atoms with Crippen LogP contribution in [-0.4, -0.2) is 10.1 Å². The summed E-state index contributed by atoms with van der Waals surface area (Å²) in [6, 6.07) is 16.3. The van der Waals surface area contributed by atoms with Crippen molar-refractivity contribution in [1.82, 2.24) is 0 Å². The maximum Gasteiger partial charge on any atom is 0.100 e. The van der Waals surface area contributed by atoms with E-state index < -0.39 is 0 Å². The number of nitrogens with one attached hydrogen (secondary N) is 2. The van der Waals surface area contributed by atoms with E-state index in [1.54, 1.807) is 0 Å². The maximum atomic E-state index is 8.35. The van der Waals surface area contributed by atoms with Gasteiger partial charge in [-0.3, -0.25) is 10.8 Å². The summed E-state index contributed by atoms with van der Waals surface area (Å²) >= 11 is 1.16. The molecular formula is C32H42N2S. The fraction of sp³-hybridized carbons (Fsp3) is 0.312. The lowest BCUT2D eigenvalue weighted by atomic mass is 9.91. The van der Waals surface area contributed by atoms with Gasteiger partial charge in [-0.05, 0) is 24.5 Å². The van der Waals surface area contributed by atoms with Crippen LogP contribution >= 0.6 is 11.8 Å². The number of terminal acetylenes is 1. The number of benzene rings is 2. The molecule has 2 aromatic carbocycles. The number of rotatable bonds is 4. The van der Waals surface area contributed by atoms with E-state index in [9.17, 15) is 0 Å². The van der Waals surface area contributed by atoms with Gasteiger partial charge in [-0.2, -0.15) is 0 Å². The molecule has 0 saturated carbocycles. The second-order valence-corrected chi connectivity index (χ2v) is 8.46. The van der Waals surface area contributed by atoms with E-state index in [-0.39, 0.29) is 5.92 Å². The van der Waals surface area contributed by atoms with E-state index in [4.69, 9.17) is 17.2 Å². The average Bonchev–Trinajstić information content (AvgIpc) is 2.91. The third kappa shape index (κ3) is 10.8. The largest absolute Gasteiger partial charge is 0.293 e. The van der Waals surface area contributed by atoms with Gasteiger partial charge in [0, 0.05) is 22.6 Å². The van der Waals surface area contributed by atoms with Crippen LogP contribution < -0.4 is 0 Å². The lowest BCUT2D eigenvalue weighted by molar-refractivity contribution is 0.793. The van der Waals surface area contributed by atoms with Gasteiger partial charge in [0.15, 0.2) is 0 Å². The fourth-order valence-electron chi connectivity index (χ4n) is 2.93. The summed E-state index contributed by atoms with van der Waals surface area (Å²) in [7, 11) is 0. The van der Waals surface area contributed by atoms with E-state index in [1.165, 1.54) is 12.0 Å². The molecule has 0 aromatic heterocycles. The highest BCUT2D eigenvalue weighted by molar-refractivity contribution is 8.27. The molecule has 2 aromatic rings. The third-order valence-corrected chi connectivity index (χ3v) is 5.61. The molecule has 1 unspecified atom stereocenters. The average molecular weight is 487 g/mol. The van der Waals surface area contributed by atoms with Crippen molar-refractivity contribution in [3.05, 3.63) is 95.6 Å². The molecule has 1 aliphatic rings. The van der Waals surface area contributed by atoms with Crippen LogP contribution in [0, 0.1) is 36.0 Å². The number of allylic oxidation sites excluding steroid dienone is 4. The number of thioether (sulfide) groups is 1. The lowest BCUT2D eigenvalue weighted by Gasteiger charge is -2.16. The molecular weight excluding hydrogens is 444 g/mol. The van der Waals surface area contributed by atoms with Crippen LogP contribution in [0.15, 0.2) is 84.5 Å². The predicted molar refractivity (Wildman–Crippen MR) is 161 cm³/mol. The highest BCUT2D eigenvalue weighted by Gasteiger charge is 2.15. The molecule has 186 valence electrons. The molecule has 2 N–H and O–H groups in total. The molecule has 35 heavy (non-hydrogen) atoms. The minimum Gasteiger partial charge on any atom is -0.293 e. The first-order valence-corrected chi connectivity index (χ1v) is 13.3. The zero-order valence-corrected chi connectivity index (χ0v) is 23.4. The van der Waals surface area contributed by atoms with Crippen LogP contribution in [0.5, 0.6) is 0 Å². The Morgan fingerprint density at radius 2 is 1.43 bits per heavy atom. The Labute approximate surface area is 218 Å². The smallest absolute Gasteiger partial charge is 0.100 e. The predicted octanol–water partition coefficient (Wildman–Crippen LogP) is 9.86. The first-order valence-electron chi connectivity index (χ1n) is 12.5. The second kappa shape index (κ2) is 18.3. The van der Waals surface area contributed by atoms with Crippen molar-refractivity contribution >= 4 is 21.8 Å². The van der Waals surface area contributed by atoms with Crippen LogP contribution in [0.1, 0.15) is 65.5 Å². The monoisotopic (exact) mass is 486 g/mol. The van der Waals surface area contributed by atoms with Crippen molar-refractivity contribution in [3.8, 4) is 23.5 Å². The molecule has 0 amide bonds. The molecule has 1 atom stereocenters. The molecule has 0 radical (unpaired) electrons. The molecule has 2 nitrogen and oxygen atoms in total. The van der Waals surface area contributed by atoms with Crippen molar-refractivity contribution in [2.75, 3.05) is 0 Å². The van der Waals surface area contributed by atoms with Gasteiger partial charge in [0.25, 0.3) is 0 Å². The second-order valence-electron chi connectivity index (χ2n) is 7.44. The number of hydrogen-bond acceptors (Lipinski definition) is 3. The van der Waals surface area contributed by atoms with Crippen molar-refractivity contribution in [2.24, 2.45) is 5.92 Å². The van der Waals surface area contributed by atoms with Crippen LogP contribution in [-0.2, 0) is 0 Å². The Balaban J connectivity index is 0.00000150. The normalized spacial score (nSPS) is 13.2. The highest BCUT2D eigenvalue weighted by Crippen LogP contribution is 2.27. The van der Waals surface area contributed by atoms with Gasteiger partial charge >= 0.3 is 0 Å². The Hall–Kier alpha value is -3.09. The quantitative estimate of drug-likeness (QED) is 0.252. The minimum absolute atomic E-state index is 0.139. The van der Waals surface area contributed by atoms with Gasteiger partial charge in [0.05, 0.1) is 0 Å². The summed E-state index contributed by atoms with van der Waals surface area (Å²) in [5, 5.41) is 17.4.